The lowest BCUT2D eigenvalue weighted by molar-refractivity contribution is -0.137. The Hall–Kier alpha value is -4.76. The van der Waals surface area contributed by atoms with Crippen molar-refractivity contribution >= 4 is 41.7 Å². The summed E-state index contributed by atoms with van der Waals surface area (Å²) >= 11 is 1.68. The van der Waals surface area contributed by atoms with Crippen LogP contribution in [0.5, 0.6) is 0 Å². The molecule has 4 rings (SSSR count). The highest BCUT2D eigenvalue weighted by atomic mass is 32.2. The van der Waals surface area contributed by atoms with E-state index >= 15 is 0 Å². The van der Waals surface area contributed by atoms with Crippen molar-refractivity contribution in [3.63, 3.8) is 0 Å². The Bertz CT molecular complexity index is 1700. The van der Waals surface area contributed by atoms with Crippen LogP contribution in [0.4, 0.5) is 24.5 Å². The van der Waals surface area contributed by atoms with Crippen LogP contribution in [0, 0.1) is 6.92 Å². The van der Waals surface area contributed by atoms with E-state index < -0.39 is 11.7 Å². The van der Waals surface area contributed by atoms with Gasteiger partial charge in [-0.1, -0.05) is 24.3 Å². The molecule has 1 aromatic heterocycles. The molecule has 14 heteroatoms. The lowest BCUT2D eigenvalue weighted by Gasteiger charge is -2.25. The summed E-state index contributed by atoms with van der Waals surface area (Å²) in [6.45, 7) is 4.73. The first-order valence-corrected chi connectivity index (χ1v) is 17.7. The molecule has 3 N–H and O–H groups in total. The number of methoxy groups -OCH3 is 2. The van der Waals surface area contributed by atoms with Crippen molar-refractivity contribution in [1.82, 2.24) is 10.3 Å². The van der Waals surface area contributed by atoms with Gasteiger partial charge in [0.1, 0.15) is 6.29 Å². The largest absolute Gasteiger partial charge is 0.416 e. The molecule has 0 radical (unpaired) electrons. The van der Waals surface area contributed by atoms with Crippen molar-refractivity contribution in [2.45, 2.75) is 31.8 Å². The Morgan fingerprint density at radius 3 is 2.26 bits per heavy atom. The molecule has 0 saturated carbocycles. The molecule has 286 valence electrons. The SMILES string of the molecule is CO.COCCN(CCOC)c1ccc(NC(=O)c2cccc(CSCCC=O)c2)c(-c2cc(C)ccn2)c1.O=CNCc1cccc(C(F)(F)F)c1. The minimum Gasteiger partial charge on any atom is -0.400 e. The number of thioether (sulfide) groups is 1. The van der Waals surface area contributed by atoms with Crippen molar-refractivity contribution in [1.29, 1.82) is 0 Å². The summed E-state index contributed by atoms with van der Waals surface area (Å²) in [5.41, 5.74) is 5.76. The number of amides is 2. The fourth-order valence-corrected chi connectivity index (χ4v) is 5.66. The van der Waals surface area contributed by atoms with E-state index in [1.54, 1.807) is 32.2 Å². The summed E-state index contributed by atoms with van der Waals surface area (Å²) < 4.78 is 47.2. The minimum atomic E-state index is -4.34. The van der Waals surface area contributed by atoms with Crippen LogP contribution in [0.15, 0.2) is 85.1 Å². The van der Waals surface area contributed by atoms with Gasteiger partial charge in [0, 0.05) is 81.9 Å². The number of halogens is 3. The van der Waals surface area contributed by atoms with Gasteiger partial charge >= 0.3 is 6.18 Å². The number of ether oxygens (including phenoxy) is 2. The number of aryl methyl sites for hydroxylation is 1. The number of benzene rings is 3. The van der Waals surface area contributed by atoms with E-state index in [0.717, 1.165) is 65.1 Å². The third-order valence-corrected chi connectivity index (χ3v) is 8.48. The molecular formula is C39H47F3N4O6S. The molecule has 4 aromatic rings. The van der Waals surface area contributed by atoms with Crippen molar-refractivity contribution < 1.29 is 42.1 Å². The van der Waals surface area contributed by atoms with Crippen LogP contribution in [0.2, 0.25) is 0 Å². The lowest BCUT2D eigenvalue weighted by atomic mass is 10.0. The van der Waals surface area contributed by atoms with Crippen LogP contribution in [0.25, 0.3) is 11.3 Å². The number of carbonyl (C=O) groups is 3. The Morgan fingerprint density at radius 2 is 1.62 bits per heavy atom. The number of nitrogens with one attached hydrogen (secondary N) is 2. The number of aliphatic hydroxyl groups is 1. The number of hydrogen-bond acceptors (Lipinski definition) is 9. The summed E-state index contributed by atoms with van der Waals surface area (Å²) in [7, 11) is 4.38. The molecular weight excluding hydrogens is 710 g/mol. The van der Waals surface area contributed by atoms with E-state index in [4.69, 9.17) is 14.6 Å². The molecule has 10 nitrogen and oxygen atoms in total. The summed E-state index contributed by atoms with van der Waals surface area (Å²) in [5, 5.41) is 12.4. The topological polar surface area (TPSA) is 130 Å². The Balaban J connectivity index is 0.000000507. The average molecular weight is 757 g/mol. The van der Waals surface area contributed by atoms with Crippen LogP contribution < -0.4 is 15.5 Å². The Morgan fingerprint density at radius 1 is 0.925 bits per heavy atom. The molecule has 0 aliphatic rings. The zero-order chi connectivity index (χ0) is 39.1. The molecule has 0 bridgehead atoms. The molecule has 3 aromatic carbocycles. The van der Waals surface area contributed by atoms with Gasteiger partial charge in [-0.25, -0.2) is 0 Å². The van der Waals surface area contributed by atoms with Gasteiger partial charge in [-0.2, -0.15) is 24.9 Å². The van der Waals surface area contributed by atoms with Crippen LogP contribution in [-0.2, 0) is 37.5 Å². The average Bonchev–Trinajstić information content (AvgIpc) is 3.17. The zero-order valence-corrected chi connectivity index (χ0v) is 31.1. The monoisotopic (exact) mass is 756 g/mol. The number of nitrogens with zero attached hydrogens (tertiary/aromatic N) is 2. The van der Waals surface area contributed by atoms with E-state index in [2.05, 4.69) is 26.6 Å². The first kappa shape index (κ1) is 44.4. The number of rotatable bonds is 18. The second-order valence-corrected chi connectivity index (χ2v) is 12.4. The quantitative estimate of drug-likeness (QED) is 0.0743. The van der Waals surface area contributed by atoms with Gasteiger partial charge in [-0.3, -0.25) is 14.6 Å². The van der Waals surface area contributed by atoms with E-state index in [1.807, 2.05) is 55.5 Å². The first-order valence-electron chi connectivity index (χ1n) is 16.6. The highest BCUT2D eigenvalue weighted by molar-refractivity contribution is 7.98. The normalized spacial score (nSPS) is 10.6. The lowest BCUT2D eigenvalue weighted by Crippen LogP contribution is -2.30. The summed E-state index contributed by atoms with van der Waals surface area (Å²) in [4.78, 5) is 40.5. The third kappa shape index (κ3) is 15.8. The maximum absolute atomic E-state index is 13.3. The number of pyridine rings is 1. The number of anilines is 2. The van der Waals surface area contributed by atoms with Crippen LogP contribution >= 0.6 is 11.8 Å². The van der Waals surface area contributed by atoms with Crippen LogP contribution in [0.3, 0.4) is 0 Å². The van der Waals surface area contributed by atoms with E-state index in [9.17, 15) is 27.6 Å². The van der Waals surface area contributed by atoms with Gasteiger partial charge in [0.25, 0.3) is 5.91 Å². The Labute approximate surface area is 313 Å². The molecule has 0 spiro atoms. The Kier molecular flexibility index (Phi) is 20.5. The summed E-state index contributed by atoms with van der Waals surface area (Å²) in [6.07, 6.45) is -0.651. The van der Waals surface area contributed by atoms with Crippen LogP contribution in [-0.4, -0.2) is 82.1 Å². The van der Waals surface area contributed by atoms with Gasteiger partial charge in [0.2, 0.25) is 6.41 Å². The fourth-order valence-electron chi connectivity index (χ4n) is 4.84. The van der Waals surface area contributed by atoms with E-state index in [-0.39, 0.29) is 12.5 Å². The van der Waals surface area contributed by atoms with Crippen molar-refractivity contribution in [3.8, 4) is 11.3 Å². The van der Waals surface area contributed by atoms with Gasteiger partial charge in [-0.05, 0) is 78.2 Å². The maximum atomic E-state index is 13.3. The van der Waals surface area contributed by atoms with Crippen molar-refractivity contribution in [2.24, 2.45) is 0 Å². The van der Waals surface area contributed by atoms with Crippen molar-refractivity contribution in [3.05, 3.63) is 113 Å². The molecule has 0 aliphatic heterocycles. The maximum Gasteiger partial charge on any atom is 0.416 e. The molecule has 0 fully saturated rings. The zero-order valence-electron chi connectivity index (χ0n) is 30.3. The summed E-state index contributed by atoms with van der Waals surface area (Å²) in [5.74, 6) is 1.34. The molecule has 0 atom stereocenters. The molecule has 0 unspecified atom stereocenters. The number of aromatic nitrogens is 1. The molecule has 53 heavy (non-hydrogen) atoms. The number of aliphatic hydroxyl groups excluding tert-OH is 1. The first-order chi connectivity index (χ1) is 25.6. The molecule has 0 saturated heterocycles. The predicted octanol–water partition coefficient (Wildman–Crippen LogP) is 6.79. The van der Waals surface area contributed by atoms with Gasteiger partial charge in [0.05, 0.1) is 30.2 Å². The third-order valence-electron chi connectivity index (χ3n) is 7.42. The molecule has 1 heterocycles. The number of aldehydes is 1. The van der Waals surface area contributed by atoms with Gasteiger partial charge < -0.3 is 34.9 Å². The van der Waals surface area contributed by atoms with E-state index in [0.29, 0.717) is 55.9 Å². The second kappa shape index (κ2) is 24.5. The highest BCUT2D eigenvalue weighted by Gasteiger charge is 2.30. The molecule has 0 aliphatic carbocycles. The van der Waals surface area contributed by atoms with Crippen LogP contribution in [0.1, 0.15) is 39.0 Å². The molecule has 2 amide bonds. The predicted molar refractivity (Wildman–Crippen MR) is 204 cm³/mol. The minimum absolute atomic E-state index is 0.105. The van der Waals surface area contributed by atoms with Gasteiger partial charge in [0.15, 0.2) is 0 Å². The standard InChI is InChI=1S/C29H35N3O4S.C9H8F3NO.CH4O/c1-22-10-11-30-28(18-22)26-20-25(32(12-15-35-2)13-16-36-3)8-9-27(26)31-29(34)24-7-4-6-23(19-24)21-37-17-5-14-33;10-9(11,12)8-3-1-2-7(4-8)5-13-6-14;1-2/h4,6-11,14,18-20H,5,12-13,15-17,21H2,1-3H3,(H,31,34);1-4,6H,5H2,(H,13,14);2H,1H3. The summed E-state index contributed by atoms with van der Waals surface area (Å²) in [6, 6.07) is 22.4. The number of carbonyl (C=O) groups excluding carboxylic acids is 3. The van der Waals surface area contributed by atoms with Gasteiger partial charge in [-0.15, -0.1) is 0 Å². The fraction of sp³-hybridized carbons (Fsp3) is 0.333. The van der Waals surface area contributed by atoms with Crippen molar-refractivity contribution in [2.75, 3.05) is 63.6 Å². The second-order valence-electron chi connectivity index (χ2n) is 11.3. The van der Waals surface area contributed by atoms with E-state index in [1.165, 1.54) is 12.1 Å². The number of alkyl halides is 3. The highest BCUT2D eigenvalue weighted by Crippen LogP contribution is 2.32. The number of hydrogen-bond donors (Lipinski definition) is 3. The smallest absolute Gasteiger partial charge is 0.400 e.